The van der Waals surface area contributed by atoms with Gasteiger partial charge in [-0.1, -0.05) is 6.07 Å². The van der Waals surface area contributed by atoms with Gasteiger partial charge in [0.2, 0.25) is 0 Å². The number of rotatable bonds is 1. The molecule has 1 atom stereocenters. The Kier molecular flexibility index (Phi) is 3.57. The molecule has 1 amide bonds. The van der Waals surface area contributed by atoms with Crippen LogP contribution < -0.4 is 0 Å². The molecule has 18 heavy (non-hydrogen) atoms. The molecule has 1 aliphatic heterocycles. The van der Waals surface area contributed by atoms with Gasteiger partial charge in [-0.05, 0) is 33.0 Å². The molecule has 1 aliphatic rings. The highest BCUT2D eigenvalue weighted by Crippen LogP contribution is 2.22. The van der Waals surface area contributed by atoms with Gasteiger partial charge in [-0.2, -0.15) is 0 Å². The second kappa shape index (κ2) is 4.98. The summed E-state index contributed by atoms with van der Waals surface area (Å²) in [5.74, 6) is 0.201. The summed E-state index contributed by atoms with van der Waals surface area (Å²) in [6.45, 7) is 6.37. The minimum absolute atomic E-state index is 0.0176. The van der Waals surface area contributed by atoms with Gasteiger partial charge in [0.1, 0.15) is 5.75 Å². The molecule has 4 nitrogen and oxygen atoms in total. The molecule has 1 fully saturated rings. The van der Waals surface area contributed by atoms with Crippen molar-refractivity contribution in [1.29, 1.82) is 0 Å². The lowest BCUT2D eigenvalue weighted by Gasteiger charge is -2.38. The first kappa shape index (κ1) is 12.9. The molecule has 4 heteroatoms. The fraction of sp³-hybridized carbons (Fsp3) is 0.500. The van der Waals surface area contributed by atoms with Gasteiger partial charge in [0.15, 0.2) is 0 Å². The molecule has 1 aromatic rings. The quantitative estimate of drug-likeness (QED) is 0.818. The van der Waals surface area contributed by atoms with Crippen LogP contribution in [0.4, 0.5) is 0 Å². The lowest BCUT2D eigenvalue weighted by atomic mass is 10.0. The van der Waals surface area contributed by atoms with Crippen molar-refractivity contribution in [2.45, 2.75) is 19.9 Å². The van der Waals surface area contributed by atoms with Crippen LogP contribution in [0.1, 0.15) is 22.8 Å². The van der Waals surface area contributed by atoms with Gasteiger partial charge in [0, 0.05) is 36.8 Å². The van der Waals surface area contributed by atoms with Crippen molar-refractivity contribution >= 4 is 5.91 Å². The van der Waals surface area contributed by atoms with Gasteiger partial charge < -0.3 is 14.9 Å². The Morgan fingerprint density at radius 2 is 2.11 bits per heavy atom. The van der Waals surface area contributed by atoms with Crippen molar-refractivity contribution in [3.8, 4) is 5.75 Å². The number of carbonyl (C=O) groups excluding carboxylic acids is 1. The van der Waals surface area contributed by atoms with E-state index in [1.165, 1.54) is 0 Å². The molecule has 2 rings (SSSR count). The molecule has 1 heterocycles. The molecule has 0 saturated carbocycles. The summed E-state index contributed by atoms with van der Waals surface area (Å²) in [6.07, 6.45) is 0. The van der Waals surface area contributed by atoms with Crippen molar-refractivity contribution < 1.29 is 9.90 Å². The minimum atomic E-state index is 0.0176. The molecule has 98 valence electrons. The molecule has 0 spiro atoms. The maximum atomic E-state index is 12.5. The van der Waals surface area contributed by atoms with Crippen molar-refractivity contribution in [1.82, 2.24) is 9.80 Å². The van der Waals surface area contributed by atoms with Gasteiger partial charge in [-0.15, -0.1) is 0 Å². The number of carbonyl (C=O) groups is 1. The smallest absolute Gasteiger partial charge is 0.254 e. The largest absolute Gasteiger partial charge is 0.508 e. The lowest BCUT2D eigenvalue weighted by molar-refractivity contribution is 0.0532. The summed E-state index contributed by atoms with van der Waals surface area (Å²) in [5.41, 5.74) is 1.26. The Bertz CT molecular complexity index is 459. The molecular formula is C14H20N2O2. The van der Waals surface area contributed by atoms with Crippen LogP contribution in [0.25, 0.3) is 0 Å². The van der Waals surface area contributed by atoms with Crippen molar-refractivity contribution in [2.75, 3.05) is 26.7 Å². The third kappa shape index (κ3) is 2.34. The number of aromatic hydroxyl groups is 1. The highest BCUT2D eigenvalue weighted by Gasteiger charge is 2.27. The molecular weight excluding hydrogens is 228 g/mol. The Labute approximate surface area is 108 Å². The van der Waals surface area contributed by atoms with Crippen LogP contribution in [-0.2, 0) is 0 Å². The molecule has 1 N–H and O–H groups in total. The van der Waals surface area contributed by atoms with Crippen LogP contribution in [0.3, 0.4) is 0 Å². The summed E-state index contributed by atoms with van der Waals surface area (Å²) in [5, 5.41) is 9.68. The number of hydrogen-bond donors (Lipinski definition) is 1. The van der Waals surface area contributed by atoms with E-state index in [0.29, 0.717) is 11.1 Å². The summed E-state index contributed by atoms with van der Waals surface area (Å²) in [7, 11) is 2.07. The van der Waals surface area contributed by atoms with E-state index in [1.54, 1.807) is 25.1 Å². The number of nitrogens with zero attached hydrogens (tertiary/aromatic N) is 2. The van der Waals surface area contributed by atoms with E-state index in [1.807, 2.05) is 4.90 Å². The minimum Gasteiger partial charge on any atom is -0.508 e. The van der Waals surface area contributed by atoms with Gasteiger partial charge in [-0.3, -0.25) is 4.79 Å². The highest BCUT2D eigenvalue weighted by molar-refractivity contribution is 5.96. The Hall–Kier alpha value is -1.55. The molecule has 0 aromatic heterocycles. The van der Waals surface area contributed by atoms with Crippen LogP contribution in [-0.4, -0.2) is 53.5 Å². The lowest BCUT2D eigenvalue weighted by Crippen LogP contribution is -2.52. The first-order valence-corrected chi connectivity index (χ1v) is 6.29. The van der Waals surface area contributed by atoms with Crippen molar-refractivity contribution in [3.63, 3.8) is 0 Å². The predicted molar refractivity (Wildman–Crippen MR) is 70.8 cm³/mol. The van der Waals surface area contributed by atoms with Crippen LogP contribution >= 0.6 is 0 Å². The average Bonchev–Trinajstić information content (AvgIpc) is 2.32. The summed E-state index contributed by atoms with van der Waals surface area (Å²) in [6, 6.07) is 5.32. The standard InChI is InChI=1S/C14H20N2O2/c1-10-9-15(3)7-8-16(10)14(18)12-5-4-6-13(17)11(12)2/h4-6,10,17H,7-9H2,1-3H3. The third-order valence-electron chi connectivity index (χ3n) is 3.63. The normalized spacial score (nSPS) is 21.1. The zero-order chi connectivity index (χ0) is 13.3. The zero-order valence-corrected chi connectivity index (χ0v) is 11.2. The summed E-state index contributed by atoms with van der Waals surface area (Å²) >= 11 is 0. The maximum absolute atomic E-state index is 12.5. The van der Waals surface area contributed by atoms with Gasteiger partial charge >= 0.3 is 0 Å². The maximum Gasteiger partial charge on any atom is 0.254 e. The highest BCUT2D eigenvalue weighted by atomic mass is 16.3. The van der Waals surface area contributed by atoms with Gasteiger partial charge in [0.25, 0.3) is 5.91 Å². The van der Waals surface area contributed by atoms with Gasteiger partial charge in [0.05, 0.1) is 0 Å². The van der Waals surface area contributed by atoms with Crippen LogP contribution in [0.5, 0.6) is 5.75 Å². The van der Waals surface area contributed by atoms with Crippen LogP contribution in [0.15, 0.2) is 18.2 Å². The molecule has 1 saturated heterocycles. The molecule has 0 aliphatic carbocycles. The molecule has 0 radical (unpaired) electrons. The molecule has 1 aromatic carbocycles. The van der Waals surface area contributed by atoms with E-state index in [2.05, 4.69) is 18.9 Å². The van der Waals surface area contributed by atoms with E-state index in [0.717, 1.165) is 19.6 Å². The first-order chi connectivity index (χ1) is 8.50. The van der Waals surface area contributed by atoms with E-state index in [4.69, 9.17) is 0 Å². The third-order valence-corrected chi connectivity index (χ3v) is 3.63. The first-order valence-electron chi connectivity index (χ1n) is 6.29. The monoisotopic (exact) mass is 248 g/mol. The number of phenolic OH excluding ortho intramolecular Hbond substituents is 1. The number of hydrogen-bond acceptors (Lipinski definition) is 3. The Balaban J connectivity index is 2.23. The Morgan fingerprint density at radius 1 is 1.39 bits per heavy atom. The van der Waals surface area contributed by atoms with Gasteiger partial charge in [-0.25, -0.2) is 0 Å². The van der Waals surface area contributed by atoms with E-state index in [-0.39, 0.29) is 17.7 Å². The summed E-state index contributed by atoms with van der Waals surface area (Å²) in [4.78, 5) is 16.6. The fourth-order valence-electron chi connectivity index (χ4n) is 2.45. The number of phenols is 1. The molecule has 1 unspecified atom stereocenters. The topological polar surface area (TPSA) is 43.8 Å². The number of amides is 1. The summed E-state index contributed by atoms with van der Waals surface area (Å²) < 4.78 is 0. The van der Waals surface area contributed by atoms with E-state index >= 15 is 0 Å². The van der Waals surface area contributed by atoms with E-state index < -0.39 is 0 Å². The van der Waals surface area contributed by atoms with Crippen molar-refractivity contribution in [3.05, 3.63) is 29.3 Å². The predicted octanol–water partition coefficient (Wildman–Crippen LogP) is 1.48. The SMILES string of the molecule is Cc1c(O)cccc1C(=O)N1CCN(C)CC1C. The van der Waals surface area contributed by atoms with Crippen molar-refractivity contribution in [2.24, 2.45) is 0 Å². The van der Waals surface area contributed by atoms with Crippen LogP contribution in [0, 0.1) is 6.92 Å². The average molecular weight is 248 g/mol. The fourth-order valence-corrected chi connectivity index (χ4v) is 2.45. The van der Waals surface area contributed by atoms with Crippen LogP contribution in [0.2, 0.25) is 0 Å². The number of piperazine rings is 1. The van der Waals surface area contributed by atoms with E-state index in [9.17, 15) is 9.90 Å². The second-order valence-corrected chi connectivity index (χ2v) is 5.06. The number of likely N-dealkylation sites (N-methyl/N-ethyl adjacent to an activating group) is 1. The zero-order valence-electron chi connectivity index (χ0n) is 11.2. The molecule has 0 bridgehead atoms. The number of benzene rings is 1. The Morgan fingerprint density at radius 3 is 2.78 bits per heavy atom. The second-order valence-electron chi connectivity index (χ2n) is 5.06.